The maximum absolute atomic E-state index is 11.5. The zero-order chi connectivity index (χ0) is 20.3. The van der Waals surface area contributed by atoms with Crippen molar-refractivity contribution in [2.75, 3.05) is 0 Å². The van der Waals surface area contributed by atoms with Crippen molar-refractivity contribution in [3.05, 3.63) is 92.5 Å². The van der Waals surface area contributed by atoms with E-state index in [1.807, 2.05) is 0 Å². The minimum absolute atomic E-state index is 0. The van der Waals surface area contributed by atoms with Crippen molar-refractivity contribution in [1.29, 1.82) is 0 Å². The summed E-state index contributed by atoms with van der Waals surface area (Å²) in [5, 5.41) is 21.8. The van der Waals surface area contributed by atoms with Crippen molar-refractivity contribution in [3.8, 4) is 0 Å². The first-order chi connectivity index (χ1) is 13.4. The fourth-order valence-corrected chi connectivity index (χ4v) is 2.64. The van der Waals surface area contributed by atoms with Crippen LogP contribution in [0.1, 0.15) is 20.7 Å². The second-order valence-electron chi connectivity index (χ2n) is 5.73. The van der Waals surface area contributed by atoms with Gasteiger partial charge in [-0.15, -0.1) is 0 Å². The molecule has 0 saturated carbocycles. The van der Waals surface area contributed by atoms with Crippen LogP contribution in [-0.2, 0) is 17.1 Å². The SMILES string of the molecule is O=C([O-])c1c[nH]c2ccccc2c1=O.O=C([O-])c1c[nH]c2ccccc2c1=O.[Cu+2]. The maximum Gasteiger partial charge on any atom is 2.00 e. The molecule has 8 nitrogen and oxygen atoms in total. The number of benzene rings is 2. The van der Waals surface area contributed by atoms with Gasteiger partial charge in [-0.25, -0.2) is 0 Å². The molecule has 2 aromatic heterocycles. The molecule has 9 heteroatoms. The minimum Gasteiger partial charge on any atom is -0.545 e. The summed E-state index contributed by atoms with van der Waals surface area (Å²) in [7, 11) is 0. The van der Waals surface area contributed by atoms with E-state index in [1.165, 1.54) is 0 Å². The van der Waals surface area contributed by atoms with Gasteiger partial charge >= 0.3 is 17.1 Å². The molecule has 0 amide bonds. The van der Waals surface area contributed by atoms with Gasteiger partial charge in [0.1, 0.15) is 0 Å². The Morgan fingerprint density at radius 1 is 0.655 bits per heavy atom. The summed E-state index contributed by atoms with van der Waals surface area (Å²) in [5.41, 5.74) is -0.490. The van der Waals surface area contributed by atoms with Crippen LogP contribution >= 0.6 is 0 Å². The fourth-order valence-electron chi connectivity index (χ4n) is 2.64. The van der Waals surface area contributed by atoms with Crippen LogP contribution in [0.25, 0.3) is 21.8 Å². The van der Waals surface area contributed by atoms with Gasteiger partial charge in [0, 0.05) is 34.2 Å². The standard InChI is InChI=1S/2C10H7NO3.Cu/c2*12-9-6-3-1-2-4-8(6)11-5-7(9)10(13)14;/h2*1-5H,(H,11,12)(H,13,14);/q;;+2/p-2. The Hall–Kier alpha value is -3.68. The van der Waals surface area contributed by atoms with Crippen LogP contribution in [0.3, 0.4) is 0 Å². The number of aromatic nitrogens is 2. The number of hydrogen-bond donors (Lipinski definition) is 2. The van der Waals surface area contributed by atoms with Gasteiger partial charge in [0.05, 0.1) is 23.1 Å². The number of nitrogens with one attached hydrogen (secondary N) is 2. The van der Waals surface area contributed by atoms with E-state index in [4.69, 9.17) is 0 Å². The summed E-state index contributed by atoms with van der Waals surface area (Å²) in [4.78, 5) is 49.6. The summed E-state index contributed by atoms with van der Waals surface area (Å²) < 4.78 is 0. The van der Waals surface area contributed by atoms with Crippen molar-refractivity contribution >= 4 is 33.7 Å². The Balaban J connectivity index is 0.000000200. The van der Waals surface area contributed by atoms with E-state index in [0.717, 1.165) is 12.4 Å². The van der Waals surface area contributed by atoms with E-state index in [1.54, 1.807) is 48.5 Å². The monoisotopic (exact) mass is 439 g/mol. The van der Waals surface area contributed by atoms with Crippen LogP contribution in [0.2, 0.25) is 0 Å². The first-order valence-electron chi connectivity index (χ1n) is 8.03. The molecule has 4 rings (SSSR count). The molecular formula is C20H12CuN2O6. The number of hydrogen-bond acceptors (Lipinski definition) is 6. The molecule has 0 spiro atoms. The second-order valence-corrected chi connectivity index (χ2v) is 5.73. The average Bonchev–Trinajstić information content (AvgIpc) is 2.69. The van der Waals surface area contributed by atoms with Crippen LogP contribution < -0.4 is 21.1 Å². The number of carbonyl (C=O) groups excluding carboxylic acids is 2. The molecule has 0 fully saturated rings. The number of carbonyl (C=O) groups is 2. The quantitative estimate of drug-likeness (QED) is 0.413. The number of carboxylic acids is 2. The first kappa shape index (κ1) is 21.6. The predicted octanol–water partition coefficient (Wildman–Crippen LogP) is -0.219. The van der Waals surface area contributed by atoms with Crippen LogP contribution in [0.15, 0.2) is 70.5 Å². The van der Waals surface area contributed by atoms with E-state index in [2.05, 4.69) is 9.97 Å². The molecule has 0 unspecified atom stereocenters. The maximum atomic E-state index is 11.5. The summed E-state index contributed by atoms with van der Waals surface area (Å²) in [6.07, 6.45) is 2.31. The van der Waals surface area contributed by atoms with Crippen molar-refractivity contribution in [1.82, 2.24) is 9.97 Å². The molecule has 0 aliphatic carbocycles. The fraction of sp³-hybridized carbons (Fsp3) is 0. The Kier molecular flexibility index (Phi) is 6.71. The predicted molar refractivity (Wildman–Crippen MR) is 97.8 cm³/mol. The molecule has 0 atom stereocenters. The molecule has 149 valence electrons. The van der Waals surface area contributed by atoms with Crippen molar-refractivity contribution in [2.24, 2.45) is 0 Å². The van der Waals surface area contributed by atoms with E-state index in [9.17, 15) is 29.4 Å². The van der Waals surface area contributed by atoms with Gasteiger partial charge in [0.15, 0.2) is 10.9 Å². The third-order valence-corrected chi connectivity index (χ3v) is 4.02. The first-order valence-corrected chi connectivity index (χ1v) is 8.03. The Bertz CT molecular complexity index is 1220. The second kappa shape index (κ2) is 9.01. The molecule has 0 aliphatic heterocycles. The number of carboxylic acid groups (broad SMARTS) is 2. The summed E-state index contributed by atoms with van der Waals surface area (Å²) >= 11 is 0. The number of para-hydroxylation sites is 2. The van der Waals surface area contributed by atoms with Crippen LogP contribution in [0.4, 0.5) is 0 Å². The number of aromatic amines is 2. The summed E-state index contributed by atoms with van der Waals surface area (Å²) in [5.74, 6) is -2.92. The van der Waals surface area contributed by atoms with Crippen molar-refractivity contribution in [2.45, 2.75) is 0 Å². The van der Waals surface area contributed by atoms with Gasteiger partial charge in [-0.05, 0) is 24.3 Å². The molecule has 2 heterocycles. The molecule has 29 heavy (non-hydrogen) atoms. The van der Waals surface area contributed by atoms with Gasteiger partial charge in [0.2, 0.25) is 0 Å². The molecule has 2 N–H and O–H groups in total. The number of fused-ring (bicyclic) bond motifs is 2. The van der Waals surface area contributed by atoms with Crippen molar-refractivity contribution in [3.63, 3.8) is 0 Å². The van der Waals surface area contributed by atoms with Gasteiger partial charge in [-0.1, -0.05) is 24.3 Å². The van der Waals surface area contributed by atoms with E-state index in [0.29, 0.717) is 21.8 Å². The van der Waals surface area contributed by atoms with Gasteiger partial charge in [-0.2, -0.15) is 0 Å². The van der Waals surface area contributed by atoms with Crippen molar-refractivity contribution < 1.29 is 36.9 Å². The Morgan fingerprint density at radius 3 is 1.34 bits per heavy atom. The number of H-pyrrole nitrogens is 2. The third kappa shape index (κ3) is 4.43. The van der Waals surface area contributed by atoms with E-state index < -0.39 is 22.8 Å². The molecule has 1 radical (unpaired) electrons. The molecule has 4 aromatic rings. The van der Waals surface area contributed by atoms with E-state index >= 15 is 0 Å². The molecule has 2 aromatic carbocycles. The molecule has 0 aliphatic rings. The van der Waals surface area contributed by atoms with Crippen LogP contribution in [-0.4, -0.2) is 21.9 Å². The summed E-state index contributed by atoms with van der Waals surface area (Å²) in [6, 6.07) is 13.4. The smallest absolute Gasteiger partial charge is 0.545 e. The normalized spacial score (nSPS) is 9.93. The van der Waals surface area contributed by atoms with Gasteiger partial charge < -0.3 is 29.8 Å². The Morgan fingerprint density at radius 2 is 1.00 bits per heavy atom. The zero-order valence-electron chi connectivity index (χ0n) is 14.5. The summed E-state index contributed by atoms with van der Waals surface area (Å²) in [6.45, 7) is 0. The third-order valence-electron chi connectivity index (χ3n) is 4.02. The van der Waals surface area contributed by atoms with Crippen LogP contribution in [0.5, 0.6) is 0 Å². The minimum atomic E-state index is -1.46. The van der Waals surface area contributed by atoms with E-state index in [-0.39, 0.29) is 28.2 Å². The molecule has 0 bridgehead atoms. The zero-order valence-corrected chi connectivity index (χ0v) is 15.5. The van der Waals surface area contributed by atoms with Gasteiger partial charge in [-0.3, -0.25) is 9.59 Å². The largest absolute Gasteiger partial charge is 2.00 e. The molecular weight excluding hydrogens is 428 g/mol. The van der Waals surface area contributed by atoms with Gasteiger partial charge in [0.25, 0.3) is 0 Å². The Labute approximate surface area is 173 Å². The topological polar surface area (TPSA) is 146 Å². The average molecular weight is 440 g/mol. The van der Waals surface area contributed by atoms with Crippen LogP contribution in [0, 0.1) is 0 Å². The number of pyridine rings is 2. The molecule has 0 saturated heterocycles. The number of aromatic carboxylic acids is 2. The number of rotatable bonds is 2.